The highest BCUT2D eigenvalue weighted by Gasteiger charge is 2.18. The zero-order chi connectivity index (χ0) is 17.1. The van der Waals surface area contributed by atoms with Gasteiger partial charge in [0.2, 0.25) is 0 Å². The van der Waals surface area contributed by atoms with Crippen LogP contribution in [-0.2, 0) is 30.4 Å². The van der Waals surface area contributed by atoms with Crippen LogP contribution in [0.25, 0.3) is 0 Å². The first-order chi connectivity index (χ1) is 11.0. The third-order valence-corrected chi connectivity index (χ3v) is 2.95. The van der Waals surface area contributed by atoms with E-state index < -0.39 is 11.9 Å². The van der Waals surface area contributed by atoms with Crippen LogP contribution in [0, 0.1) is 0 Å². The van der Waals surface area contributed by atoms with Gasteiger partial charge in [-0.3, -0.25) is 19.3 Å². The molecule has 0 aliphatic rings. The Morgan fingerprint density at radius 2 is 1.52 bits per heavy atom. The molecule has 0 aromatic heterocycles. The van der Waals surface area contributed by atoms with E-state index in [1.807, 2.05) is 30.3 Å². The molecule has 0 unspecified atom stereocenters. The lowest BCUT2D eigenvalue weighted by atomic mass is 10.2. The molecule has 0 aliphatic carbocycles. The Hall–Kier alpha value is -2.21. The van der Waals surface area contributed by atoms with Gasteiger partial charge in [-0.1, -0.05) is 30.3 Å². The van der Waals surface area contributed by atoms with Crippen molar-refractivity contribution in [1.29, 1.82) is 0 Å². The van der Waals surface area contributed by atoms with Crippen LogP contribution in [0.5, 0.6) is 0 Å². The number of carbonyl (C=O) groups excluding carboxylic acids is 3. The van der Waals surface area contributed by atoms with Gasteiger partial charge in [0.05, 0.1) is 26.3 Å². The molecule has 23 heavy (non-hydrogen) atoms. The Balaban J connectivity index is 2.64. The minimum Gasteiger partial charge on any atom is -0.466 e. The van der Waals surface area contributed by atoms with Crippen molar-refractivity contribution in [1.82, 2.24) is 4.90 Å². The molecule has 0 spiro atoms. The predicted molar refractivity (Wildman–Crippen MR) is 84.6 cm³/mol. The first-order valence-electron chi connectivity index (χ1n) is 7.64. The number of ether oxygens (including phenoxy) is 2. The summed E-state index contributed by atoms with van der Waals surface area (Å²) in [6, 6.07) is 9.49. The summed E-state index contributed by atoms with van der Waals surface area (Å²) in [6.45, 7) is 4.35. The number of carbonyl (C=O) groups is 3. The van der Waals surface area contributed by atoms with Crippen LogP contribution < -0.4 is 0 Å². The normalized spacial score (nSPS) is 10.4. The molecule has 6 nitrogen and oxygen atoms in total. The molecule has 0 saturated heterocycles. The van der Waals surface area contributed by atoms with Crippen molar-refractivity contribution in [3.63, 3.8) is 0 Å². The van der Waals surface area contributed by atoms with Gasteiger partial charge >= 0.3 is 11.9 Å². The molecule has 6 heteroatoms. The number of hydrogen-bond donors (Lipinski definition) is 0. The third kappa shape index (κ3) is 8.11. The third-order valence-electron chi connectivity index (χ3n) is 2.95. The Morgan fingerprint density at radius 1 is 0.913 bits per heavy atom. The maximum absolute atomic E-state index is 12.0. The van der Waals surface area contributed by atoms with Crippen LogP contribution in [-0.4, -0.2) is 48.9 Å². The van der Waals surface area contributed by atoms with Crippen LogP contribution in [0.3, 0.4) is 0 Å². The van der Waals surface area contributed by atoms with Crippen molar-refractivity contribution in [2.24, 2.45) is 0 Å². The minimum atomic E-state index is -0.548. The summed E-state index contributed by atoms with van der Waals surface area (Å²) in [4.78, 5) is 36.7. The van der Waals surface area contributed by atoms with Gasteiger partial charge in [-0.2, -0.15) is 0 Å². The summed E-state index contributed by atoms with van der Waals surface area (Å²) in [5, 5.41) is 0. The highest BCUT2D eigenvalue weighted by molar-refractivity contribution is 5.96. The number of benzene rings is 1. The molecule has 0 fully saturated rings. The zero-order valence-electron chi connectivity index (χ0n) is 13.6. The van der Waals surface area contributed by atoms with Gasteiger partial charge in [-0.05, 0) is 19.4 Å². The van der Waals surface area contributed by atoms with Gasteiger partial charge in [-0.15, -0.1) is 0 Å². The SMILES string of the molecule is CCOC(=O)CC(=O)CN(CC(=O)OCC)Cc1ccccc1. The molecule has 0 heterocycles. The Morgan fingerprint density at radius 3 is 2.13 bits per heavy atom. The largest absolute Gasteiger partial charge is 0.466 e. The molecule has 1 aromatic rings. The predicted octanol–water partition coefficient (Wildman–Crippen LogP) is 1.57. The zero-order valence-corrected chi connectivity index (χ0v) is 13.6. The molecule has 0 amide bonds. The first-order valence-corrected chi connectivity index (χ1v) is 7.64. The summed E-state index contributed by atoms with van der Waals surface area (Å²) in [6.07, 6.45) is -0.290. The van der Waals surface area contributed by atoms with Crippen LogP contribution in [0.4, 0.5) is 0 Å². The van der Waals surface area contributed by atoms with Crippen molar-refractivity contribution in [2.75, 3.05) is 26.3 Å². The second-order valence-corrected chi connectivity index (χ2v) is 4.96. The second-order valence-electron chi connectivity index (χ2n) is 4.96. The highest BCUT2D eigenvalue weighted by atomic mass is 16.5. The summed E-state index contributed by atoms with van der Waals surface area (Å²) in [5.74, 6) is -1.23. The van der Waals surface area contributed by atoms with Gasteiger partial charge in [0.15, 0.2) is 5.78 Å². The molecular formula is C17H23NO5. The molecule has 1 rings (SSSR count). The van der Waals surface area contributed by atoms with Gasteiger partial charge < -0.3 is 9.47 Å². The molecule has 0 aliphatic heterocycles. The van der Waals surface area contributed by atoms with Crippen molar-refractivity contribution >= 4 is 17.7 Å². The highest BCUT2D eigenvalue weighted by Crippen LogP contribution is 2.05. The van der Waals surface area contributed by atoms with Crippen LogP contribution in [0.1, 0.15) is 25.8 Å². The van der Waals surface area contributed by atoms with E-state index >= 15 is 0 Å². The molecule has 0 N–H and O–H groups in total. The second kappa shape index (κ2) is 10.5. The molecule has 0 saturated carbocycles. The minimum absolute atomic E-state index is 0.00268. The Labute approximate surface area is 136 Å². The van der Waals surface area contributed by atoms with Crippen LogP contribution in [0.2, 0.25) is 0 Å². The van der Waals surface area contributed by atoms with E-state index in [4.69, 9.17) is 9.47 Å². The topological polar surface area (TPSA) is 72.9 Å². The fraction of sp³-hybridized carbons (Fsp3) is 0.471. The van der Waals surface area contributed by atoms with Crippen molar-refractivity contribution in [3.05, 3.63) is 35.9 Å². The lowest BCUT2D eigenvalue weighted by molar-refractivity contribution is -0.146. The molecule has 0 atom stereocenters. The van der Waals surface area contributed by atoms with Crippen LogP contribution in [0.15, 0.2) is 30.3 Å². The number of nitrogens with zero attached hydrogens (tertiary/aromatic N) is 1. The van der Waals surface area contributed by atoms with Crippen molar-refractivity contribution < 1.29 is 23.9 Å². The summed E-state index contributed by atoms with van der Waals surface area (Å²) < 4.78 is 9.69. The molecular weight excluding hydrogens is 298 g/mol. The molecule has 0 bridgehead atoms. The average Bonchev–Trinajstić information content (AvgIpc) is 2.48. The van der Waals surface area contributed by atoms with E-state index in [0.29, 0.717) is 6.54 Å². The van der Waals surface area contributed by atoms with Crippen LogP contribution >= 0.6 is 0 Å². The summed E-state index contributed by atoms with van der Waals surface area (Å²) in [5.41, 5.74) is 0.973. The molecule has 1 aromatic carbocycles. The lowest BCUT2D eigenvalue weighted by Gasteiger charge is -2.20. The number of rotatable bonds is 10. The van der Waals surface area contributed by atoms with Gasteiger partial charge in [0.1, 0.15) is 6.42 Å². The fourth-order valence-corrected chi connectivity index (χ4v) is 2.08. The van der Waals surface area contributed by atoms with Gasteiger partial charge in [0.25, 0.3) is 0 Å². The number of Topliss-reactive ketones (excluding diaryl/α,β-unsaturated/α-hetero) is 1. The lowest BCUT2D eigenvalue weighted by Crippen LogP contribution is -2.35. The van der Waals surface area contributed by atoms with E-state index in [1.54, 1.807) is 18.7 Å². The maximum Gasteiger partial charge on any atom is 0.320 e. The number of hydrogen-bond acceptors (Lipinski definition) is 6. The number of esters is 2. The van der Waals surface area contributed by atoms with E-state index in [1.165, 1.54) is 0 Å². The van der Waals surface area contributed by atoms with E-state index in [2.05, 4.69) is 0 Å². The summed E-state index contributed by atoms with van der Waals surface area (Å²) in [7, 11) is 0. The van der Waals surface area contributed by atoms with Gasteiger partial charge in [0, 0.05) is 6.54 Å². The quantitative estimate of drug-likeness (QED) is 0.481. The molecule has 126 valence electrons. The summed E-state index contributed by atoms with van der Waals surface area (Å²) >= 11 is 0. The van der Waals surface area contributed by atoms with E-state index in [9.17, 15) is 14.4 Å². The maximum atomic E-state index is 12.0. The number of ketones is 1. The van der Waals surface area contributed by atoms with E-state index in [0.717, 1.165) is 5.56 Å². The van der Waals surface area contributed by atoms with Gasteiger partial charge in [-0.25, -0.2) is 0 Å². The molecule has 0 radical (unpaired) electrons. The van der Waals surface area contributed by atoms with Crippen molar-refractivity contribution in [3.8, 4) is 0 Å². The monoisotopic (exact) mass is 321 g/mol. The Kier molecular flexibility index (Phi) is 8.60. The average molecular weight is 321 g/mol. The fourth-order valence-electron chi connectivity index (χ4n) is 2.08. The smallest absolute Gasteiger partial charge is 0.320 e. The van der Waals surface area contributed by atoms with Crippen molar-refractivity contribution in [2.45, 2.75) is 26.8 Å². The Bertz CT molecular complexity index is 515. The first kappa shape index (κ1) is 18.8. The van der Waals surface area contributed by atoms with E-state index in [-0.39, 0.29) is 38.5 Å². The standard InChI is InChI=1S/C17H23NO5/c1-3-22-16(20)10-15(19)12-18(13-17(21)23-4-2)11-14-8-6-5-7-9-14/h5-9H,3-4,10-13H2,1-2H3.